The van der Waals surface area contributed by atoms with Crippen LogP contribution in [0.15, 0.2) is 64.9 Å². The molecule has 3 aromatic rings. The number of nitrogens with zero attached hydrogens (tertiary/aromatic N) is 1. The van der Waals surface area contributed by atoms with Gasteiger partial charge >= 0.3 is 0 Å². The number of Topliss-reactive ketones (excluding diaryl/α,β-unsaturated/α-hetero) is 1. The molecule has 138 valence electrons. The maximum atomic E-state index is 12.5. The summed E-state index contributed by atoms with van der Waals surface area (Å²) in [6.07, 6.45) is 0. The van der Waals surface area contributed by atoms with Crippen molar-refractivity contribution in [3.63, 3.8) is 0 Å². The van der Waals surface area contributed by atoms with Crippen LogP contribution < -0.4 is 5.32 Å². The summed E-state index contributed by atoms with van der Waals surface area (Å²) in [6.45, 7) is 4.14. The average molecular weight is 397 g/mol. The Morgan fingerprint density at radius 1 is 1.07 bits per heavy atom. The van der Waals surface area contributed by atoms with Crippen LogP contribution in [-0.2, 0) is 0 Å². The van der Waals surface area contributed by atoms with Gasteiger partial charge in [-0.05, 0) is 24.1 Å². The van der Waals surface area contributed by atoms with Crippen LogP contribution in [0.25, 0.3) is 0 Å². The highest BCUT2D eigenvalue weighted by Gasteiger charge is 2.12. The molecule has 0 saturated heterocycles. The molecule has 0 aliphatic rings. The molecular weight excluding hydrogens is 376 g/mol. The summed E-state index contributed by atoms with van der Waals surface area (Å²) in [5.74, 6) is 0.531. The van der Waals surface area contributed by atoms with Gasteiger partial charge in [0.2, 0.25) is 0 Å². The SMILES string of the molecule is CC(C)c1csc(NC(=O)c2cccc(SCC(=O)c3ccccc3)c2)n1. The maximum Gasteiger partial charge on any atom is 0.257 e. The van der Waals surface area contributed by atoms with Gasteiger partial charge in [-0.25, -0.2) is 4.98 Å². The zero-order chi connectivity index (χ0) is 19.2. The largest absolute Gasteiger partial charge is 0.298 e. The van der Waals surface area contributed by atoms with Gasteiger partial charge in [0.15, 0.2) is 10.9 Å². The van der Waals surface area contributed by atoms with Gasteiger partial charge in [0.05, 0.1) is 11.4 Å². The molecule has 0 saturated carbocycles. The van der Waals surface area contributed by atoms with Crippen LogP contribution >= 0.6 is 23.1 Å². The molecule has 1 N–H and O–H groups in total. The van der Waals surface area contributed by atoms with Crippen LogP contribution in [0.5, 0.6) is 0 Å². The standard InChI is InChI=1S/C21H20N2O2S2/c1-14(2)18-12-27-21(22-18)23-20(25)16-9-6-10-17(11-16)26-13-19(24)15-7-4-3-5-8-15/h3-12,14H,13H2,1-2H3,(H,22,23,25). The van der Waals surface area contributed by atoms with E-state index in [9.17, 15) is 9.59 Å². The summed E-state index contributed by atoms with van der Waals surface area (Å²) in [7, 11) is 0. The third-order valence-electron chi connectivity index (χ3n) is 3.90. The van der Waals surface area contributed by atoms with Crippen molar-refractivity contribution >= 4 is 39.9 Å². The van der Waals surface area contributed by atoms with Gasteiger partial charge < -0.3 is 0 Å². The van der Waals surface area contributed by atoms with E-state index in [1.807, 2.05) is 47.8 Å². The van der Waals surface area contributed by atoms with E-state index in [1.165, 1.54) is 23.1 Å². The van der Waals surface area contributed by atoms with E-state index >= 15 is 0 Å². The van der Waals surface area contributed by atoms with E-state index < -0.39 is 0 Å². The lowest BCUT2D eigenvalue weighted by molar-refractivity contribution is 0.101. The van der Waals surface area contributed by atoms with Gasteiger partial charge in [-0.3, -0.25) is 14.9 Å². The third kappa shape index (κ3) is 5.28. The molecule has 0 spiro atoms. The van der Waals surface area contributed by atoms with Gasteiger partial charge in [-0.15, -0.1) is 23.1 Å². The van der Waals surface area contributed by atoms with Crippen molar-refractivity contribution in [1.82, 2.24) is 4.98 Å². The number of carbonyl (C=O) groups is 2. The Morgan fingerprint density at radius 2 is 1.81 bits per heavy atom. The van der Waals surface area contributed by atoms with Crippen molar-refractivity contribution in [2.75, 3.05) is 11.1 Å². The van der Waals surface area contributed by atoms with Gasteiger partial charge in [0.25, 0.3) is 5.91 Å². The summed E-state index contributed by atoms with van der Waals surface area (Å²) in [5, 5.41) is 5.40. The number of aromatic nitrogens is 1. The second-order valence-corrected chi connectivity index (χ2v) is 8.20. The number of thioether (sulfide) groups is 1. The molecule has 27 heavy (non-hydrogen) atoms. The second kappa shape index (κ2) is 8.97. The molecule has 1 heterocycles. The Labute approximate surface area is 167 Å². The van der Waals surface area contributed by atoms with Gasteiger partial charge in [-0.2, -0.15) is 0 Å². The monoisotopic (exact) mass is 396 g/mol. The minimum Gasteiger partial charge on any atom is -0.298 e. The van der Waals surface area contributed by atoms with Gasteiger partial charge in [0, 0.05) is 21.4 Å². The van der Waals surface area contributed by atoms with Crippen molar-refractivity contribution < 1.29 is 9.59 Å². The molecular formula is C21H20N2O2S2. The highest BCUT2D eigenvalue weighted by atomic mass is 32.2. The first-order valence-corrected chi connectivity index (χ1v) is 10.5. The molecule has 3 rings (SSSR count). The van der Waals surface area contributed by atoms with E-state index in [2.05, 4.69) is 24.1 Å². The van der Waals surface area contributed by atoms with Crippen molar-refractivity contribution in [3.8, 4) is 0 Å². The summed E-state index contributed by atoms with van der Waals surface area (Å²) >= 11 is 2.85. The fourth-order valence-corrected chi connectivity index (χ4v) is 4.08. The van der Waals surface area contributed by atoms with Crippen LogP contribution in [0.3, 0.4) is 0 Å². The molecule has 2 aromatic carbocycles. The molecule has 0 radical (unpaired) electrons. The second-order valence-electron chi connectivity index (χ2n) is 6.29. The molecule has 0 aliphatic carbocycles. The van der Waals surface area contributed by atoms with Crippen molar-refractivity contribution in [2.45, 2.75) is 24.7 Å². The fourth-order valence-electron chi connectivity index (χ4n) is 2.36. The number of amides is 1. The maximum absolute atomic E-state index is 12.5. The molecule has 6 heteroatoms. The van der Waals surface area contributed by atoms with Crippen LogP contribution in [0, 0.1) is 0 Å². The van der Waals surface area contributed by atoms with Crippen LogP contribution in [0.1, 0.15) is 46.2 Å². The van der Waals surface area contributed by atoms with Crippen LogP contribution in [0.4, 0.5) is 5.13 Å². The first-order chi connectivity index (χ1) is 13.0. The molecule has 0 fully saturated rings. The highest BCUT2D eigenvalue weighted by molar-refractivity contribution is 8.00. The number of carbonyl (C=O) groups excluding carboxylic acids is 2. The molecule has 1 aromatic heterocycles. The molecule has 4 nitrogen and oxygen atoms in total. The van der Waals surface area contributed by atoms with E-state index in [0.29, 0.717) is 27.9 Å². The average Bonchev–Trinajstić information content (AvgIpc) is 3.16. The number of anilines is 1. The Bertz CT molecular complexity index is 936. The lowest BCUT2D eigenvalue weighted by Gasteiger charge is -2.05. The summed E-state index contributed by atoms with van der Waals surface area (Å²) in [5.41, 5.74) is 2.22. The molecule has 0 aliphatic heterocycles. The minimum absolute atomic E-state index is 0.0689. The van der Waals surface area contributed by atoms with Crippen LogP contribution in [-0.4, -0.2) is 22.4 Å². The Kier molecular flexibility index (Phi) is 6.42. The lowest BCUT2D eigenvalue weighted by Crippen LogP contribution is -2.12. The van der Waals surface area contributed by atoms with Gasteiger partial charge in [0.1, 0.15) is 0 Å². The number of benzene rings is 2. The molecule has 1 amide bonds. The fraction of sp³-hybridized carbons (Fsp3) is 0.190. The quantitative estimate of drug-likeness (QED) is 0.423. The van der Waals surface area contributed by atoms with E-state index in [0.717, 1.165) is 10.6 Å². The predicted octanol–water partition coefficient (Wildman–Crippen LogP) is 5.49. The first-order valence-electron chi connectivity index (χ1n) is 8.61. The number of hydrogen-bond acceptors (Lipinski definition) is 5. The zero-order valence-corrected chi connectivity index (χ0v) is 16.8. The smallest absolute Gasteiger partial charge is 0.257 e. The number of rotatable bonds is 7. The normalized spacial score (nSPS) is 10.8. The van der Waals surface area contributed by atoms with E-state index in [1.54, 1.807) is 12.1 Å². The Balaban J connectivity index is 1.62. The van der Waals surface area contributed by atoms with Gasteiger partial charge in [-0.1, -0.05) is 50.2 Å². The highest BCUT2D eigenvalue weighted by Crippen LogP contribution is 2.24. The zero-order valence-electron chi connectivity index (χ0n) is 15.1. The third-order valence-corrected chi connectivity index (χ3v) is 5.67. The minimum atomic E-state index is -0.198. The summed E-state index contributed by atoms with van der Waals surface area (Å²) in [4.78, 5) is 30.0. The van der Waals surface area contributed by atoms with Crippen molar-refractivity contribution in [3.05, 3.63) is 76.8 Å². The number of thiazole rings is 1. The van der Waals surface area contributed by atoms with Crippen molar-refractivity contribution in [2.24, 2.45) is 0 Å². The molecule has 0 atom stereocenters. The Morgan fingerprint density at radius 3 is 2.52 bits per heavy atom. The van der Waals surface area contributed by atoms with E-state index in [4.69, 9.17) is 0 Å². The molecule has 0 unspecified atom stereocenters. The predicted molar refractivity (Wildman–Crippen MR) is 112 cm³/mol. The summed E-state index contributed by atoms with van der Waals surface area (Å²) < 4.78 is 0. The van der Waals surface area contributed by atoms with E-state index in [-0.39, 0.29) is 11.7 Å². The number of ketones is 1. The molecule has 0 bridgehead atoms. The number of nitrogens with one attached hydrogen (secondary N) is 1. The van der Waals surface area contributed by atoms with Crippen molar-refractivity contribution in [1.29, 1.82) is 0 Å². The topological polar surface area (TPSA) is 59.1 Å². The Hall–Kier alpha value is -2.44. The lowest BCUT2D eigenvalue weighted by atomic mass is 10.2. The number of hydrogen-bond donors (Lipinski definition) is 1. The van der Waals surface area contributed by atoms with Crippen LogP contribution in [0.2, 0.25) is 0 Å². The summed E-state index contributed by atoms with van der Waals surface area (Å²) in [6, 6.07) is 16.5. The first kappa shape index (κ1) is 19.3.